The lowest BCUT2D eigenvalue weighted by Gasteiger charge is -2.42. The summed E-state index contributed by atoms with van der Waals surface area (Å²) in [5, 5.41) is 3.36. The van der Waals surface area contributed by atoms with E-state index < -0.39 is 0 Å². The van der Waals surface area contributed by atoms with Gasteiger partial charge in [0.05, 0.1) is 6.04 Å². The molecule has 0 aromatic carbocycles. The minimum atomic E-state index is -0.382. The molecule has 0 aromatic rings. The zero-order valence-electron chi connectivity index (χ0n) is 22.4. The Hall–Kier alpha value is -1.63. The fourth-order valence-corrected chi connectivity index (χ4v) is 5.61. The molecule has 34 heavy (non-hydrogen) atoms. The Morgan fingerprint density at radius 2 is 1.65 bits per heavy atom. The van der Waals surface area contributed by atoms with Gasteiger partial charge in [-0.1, -0.05) is 27.7 Å². The summed E-state index contributed by atoms with van der Waals surface area (Å²) >= 11 is 0. The minimum absolute atomic E-state index is 0.0762. The second kappa shape index (κ2) is 11.9. The van der Waals surface area contributed by atoms with Crippen molar-refractivity contribution in [3.63, 3.8) is 0 Å². The van der Waals surface area contributed by atoms with Crippen molar-refractivity contribution in [2.75, 3.05) is 33.2 Å². The lowest BCUT2D eigenvalue weighted by Crippen LogP contribution is -2.62. The second-order valence-corrected chi connectivity index (χ2v) is 11.9. The molecule has 3 atom stereocenters. The van der Waals surface area contributed by atoms with E-state index in [1.165, 1.54) is 12.8 Å². The van der Waals surface area contributed by atoms with Gasteiger partial charge in [0.1, 0.15) is 6.04 Å². The predicted octanol–water partition coefficient (Wildman–Crippen LogP) is 3.13. The van der Waals surface area contributed by atoms with E-state index in [2.05, 4.69) is 39.9 Å². The molecule has 3 aliphatic rings. The fraction of sp³-hybridized carbons (Fsp3) is 0.889. The first kappa shape index (κ1) is 27.0. The first-order valence-corrected chi connectivity index (χ1v) is 13.7. The van der Waals surface area contributed by atoms with Crippen LogP contribution in [-0.2, 0) is 14.4 Å². The van der Waals surface area contributed by atoms with E-state index in [1.807, 2.05) is 21.7 Å². The molecule has 1 N–H and O–H groups in total. The Bertz CT molecular complexity index is 713. The molecule has 0 bridgehead atoms. The summed E-state index contributed by atoms with van der Waals surface area (Å²) in [4.78, 5) is 45.4. The Labute approximate surface area is 207 Å². The van der Waals surface area contributed by atoms with Gasteiger partial charge in [-0.3, -0.25) is 14.4 Å². The van der Waals surface area contributed by atoms with Crippen LogP contribution < -0.4 is 5.32 Å². The molecule has 3 amide bonds. The number of nitrogens with one attached hydrogen (secondary N) is 1. The average Bonchev–Trinajstić information content (AvgIpc) is 3.63. The molecule has 7 nitrogen and oxygen atoms in total. The highest BCUT2D eigenvalue weighted by atomic mass is 16.2. The van der Waals surface area contributed by atoms with Crippen LogP contribution in [0.5, 0.6) is 0 Å². The molecular weight excluding hydrogens is 428 g/mol. The van der Waals surface area contributed by atoms with E-state index in [4.69, 9.17) is 0 Å². The molecule has 2 aliphatic heterocycles. The standard InChI is InChI=1S/C27H48N4O3/c1-18(2)15-23-26(33)31(14-11-28-23)24(16-19(3)4)27(34)30-12-9-21(10-13-30)17-25(32)29(6)20(5)22-7-8-22/h18-24,28H,7-17H2,1-6H3/t20?,23-,24-/m0/s1. The average molecular weight is 477 g/mol. The smallest absolute Gasteiger partial charge is 0.245 e. The van der Waals surface area contributed by atoms with Crippen LogP contribution in [0.4, 0.5) is 0 Å². The third kappa shape index (κ3) is 6.96. The SMILES string of the molecule is CC(C)C[C@@H]1NCCN([C@@H](CC(C)C)C(=O)N2CCC(CC(=O)N(C)C(C)C3CC3)CC2)C1=O. The molecular formula is C27H48N4O3. The highest BCUT2D eigenvalue weighted by Gasteiger charge is 2.39. The molecule has 1 saturated carbocycles. The van der Waals surface area contributed by atoms with Crippen LogP contribution in [0.15, 0.2) is 0 Å². The maximum absolute atomic E-state index is 13.7. The molecule has 2 heterocycles. The van der Waals surface area contributed by atoms with Gasteiger partial charge in [0.25, 0.3) is 0 Å². The van der Waals surface area contributed by atoms with Gasteiger partial charge in [-0.15, -0.1) is 0 Å². The van der Waals surface area contributed by atoms with Gasteiger partial charge in [0.15, 0.2) is 0 Å². The van der Waals surface area contributed by atoms with E-state index in [-0.39, 0.29) is 29.8 Å². The van der Waals surface area contributed by atoms with Gasteiger partial charge in [-0.05, 0) is 69.1 Å². The number of hydrogen-bond donors (Lipinski definition) is 1. The van der Waals surface area contributed by atoms with Crippen LogP contribution >= 0.6 is 0 Å². The van der Waals surface area contributed by atoms with Gasteiger partial charge in [-0.25, -0.2) is 0 Å². The monoisotopic (exact) mass is 476 g/mol. The number of piperazine rings is 1. The Kier molecular flexibility index (Phi) is 9.41. The van der Waals surface area contributed by atoms with Crippen molar-refractivity contribution in [3.05, 3.63) is 0 Å². The number of carbonyl (C=O) groups is 3. The number of amides is 3. The van der Waals surface area contributed by atoms with Gasteiger partial charge in [0.2, 0.25) is 17.7 Å². The third-order valence-electron chi connectivity index (χ3n) is 8.09. The van der Waals surface area contributed by atoms with Crippen molar-refractivity contribution >= 4 is 17.7 Å². The molecule has 0 radical (unpaired) electrons. The van der Waals surface area contributed by atoms with Crippen LogP contribution in [-0.4, -0.2) is 83.8 Å². The van der Waals surface area contributed by atoms with E-state index in [0.29, 0.717) is 62.2 Å². The summed E-state index contributed by atoms with van der Waals surface area (Å²) in [6, 6.07) is -0.238. The van der Waals surface area contributed by atoms with Gasteiger partial charge >= 0.3 is 0 Å². The van der Waals surface area contributed by atoms with E-state index in [1.54, 1.807) is 0 Å². The van der Waals surface area contributed by atoms with Crippen molar-refractivity contribution in [1.29, 1.82) is 0 Å². The lowest BCUT2D eigenvalue weighted by molar-refractivity contribution is -0.150. The summed E-state index contributed by atoms with van der Waals surface area (Å²) < 4.78 is 0. The molecule has 3 rings (SSSR count). The van der Waals surface area contributed by atoms with Gasteiger partial charge < -0.3 is 20.0 Å². The quantitative estimate of drug-likeness (QED) is 0.526. The van der Waals surface area contributed by atoms with Crippen molar-refractivity contribution in [2.45, 2.75) is 97.7 Å². The zero-order valence-corrected chi connectivity index (χ0v) is 22.4. The van der Waals surface area contributed by atoms with Crippen molar-refractivity contribution in [1.82, 2.24) is 20.0 Å². The van der Waals surface area contributed by atoms with Gasteiger partial charge in [0, 0.05) is 45.7 Å². The Morgan fingerprint density at radius 1 is 1.00 bits per heavy atom. The second-order valence-electron chi connectivity index (χ2n) is 11.9. The molecule has 3 fully saturated rings. The summed E-state index contributed by atoms with van der Waals surface area (Å²) in [6.45, 7) is 13.4. The summed E-state index contributed by atoms with van der Waals surface area (Å²) in [7, 11) is 1.94. The summed E-state index contributed by atoms with van der Waals surface area (Å²) in [5.41, 5.74) is 0. The number of hydrogen-bond acceptors (Lipinski definition) is 4. The van der Waals surface area contributed by atoms with Crippen molar-refractivity contribution < 1.29 is 14.4 Å². The highest BCUT2D eigenvalue weighted by molar-refractivity contribution is 5.90. The molecule has 0 spiro atoms. The fourth-order valence-electron chi connectivity index (χ4n) is 5.61. The molecule has 194 valence electrons. The number of likely N-dealkylation sites (tertiary alicyclic amines) is 1. The summed E-state index contributed by atoms with van der Waals surface area (Å²) in [5.74, 6) is 2.19. The molecule has 1 aliphatic carbocycles. The number of nitrogens with zero attached hydrogens (tertiary/aromatic N) is 3. The number of carbonyl (C=O) groups excluding carboxylic acids is 3. The van der Waals surface area contributed by atoms with Gasteiger partial charge in [-0.2, -0.15) is 0 Å². The normalized spacial score (nSPS) is 24.0. The molecule has 0 aromatic heterocycles. The largest absolute Gasteiger partial charge is 0.343 e. The van der Waals surface area contributed by atoms with Crippen LogP contribution in [0, 0.1) is 23.7 Å². The molecule has 7 heteroatoms. The maximum Gasteiger partial charge on any atom is 0.245 e. The van der Waals surface area contributed by atoms with E-state index in [0.717, 1.165) is 25.8 Å². The first-order chi connectivity index (χ1) is 16.1. The van der Waals surface area contributed by atoms with Crippen LogP contribution in [0.1, 0.15) is 79.6 Å². The van der Waals surface area contributed by atoms with Crippen LogP contribution in [0.25, 0.3) is 0 Å². The van der Waals surface area contributed by atoms with Crippen LogP contribution in [0.3, 0.4) is 0 Å². The predicted molar refractivity (Wildman–Crippen MR) is 135 cm³/mol. The van der Waals surface area contributed by atoms with E-state index in [9.17, 15) is 14.4 Å². The topological polar surface area (TPSA) is 73.0 Å². The minimum Gasteiger partial charge on any atom is -0.343 e. The number of piperidine rings is 1. The zero-order chi connectivity index (χ0) is 25.0. The summed E-state index contributed by atoms with van der Waals surface area (Å²) in [6.07, 6.45) is 6.28. The van der Waals surface area contributed by atoms with Crippen molar-refractivity contribution in [3.8, 4) is 0 Å². The molecule has 2 saturated heterocycles. The van der Waals surface area contributed by atoms with E-state index >= 15 is 0 Å². The third-order valence-corrected chi connectivity index (χ3v) is 8.09. The van der Waals surface area contributed by atoms with Crippen molar-refractivity contribution in [2.24, 2.45) is 23.7 Å². The molecule has 1 unspecified atom stereocenters. The lowest BCUT2D eigenvalue weighted by atomic mass is 9.91. The number of rotatable bonds is 10. The maximum atomic E-state index is 13.7. The Morgan fingerprint density at radius 3 is 2.21 bits per heavy atom. The Balaban J connectivity index is 1.57. The first-order valence-electron chi connectivity index (χ1n) is 13.7. The highest BCUT2D eigenvalue weighted by Crippen LogP contribution is 2.35. The van der Waals surface area contributed by atoms with Crippen LogP contribution in [0.2, 0.25) is 0 Å².